The Labute approximate surface area is 127 Å². The molecule has 0 unspecified atom stereocenters. The molecular formula is C15H17BrN4. The number of nitrogens with zero attached hydrogens (tertiary/aromatic N) is 3. The van der Waals surface area contributed by atoms with Crippen LogP contribution in [0.3, 0.4) is 0 Å². The van der Waals surface area contributed by atoms with Crippen LogP contribution in [0, 0.1) is 6.92 Å². The van der Waals surface area contributed by atoms with Gasteiger partial charge in [-0.1, -0.05) is 28.8 Å². The van der Waals surface area contributed by atoms with E-state index >= 15 is 0 Å². The van der Waals surface area contributed by atoms with E-state index in [-0.39, 0.29) is 0 Å². The third-order valence-electron chi connectivity index (χ3n) is 3.82. The summed E-state index contributed by atoms with van der Waals surface area (Å²) in [5.74, 6) is 2.30. The minimum absolute atomic E-state index is 0.319. The normalized spacial score (nSPS) is 15.7. The third kappa shape index (κ3) is 2.68. The first kappa shape index (κ1) is 13.5. The van der Waals surface area contributed by atoms with Gasteiger partial charge in [-0.2, -0.15) is 9.97 Å². The molecule has 0 atom stereocenters. The minimum atomic E-state index is 0.319. The molecule has 0 aliphatic heterocycles. The van der Waals surface area contributed by atoms with Crippen molar-refractivity contribution in [3.05, 3.63) is 34.1 Å². The lowest BCUT2D eigenvalue weighted by Crippen LogP contribution is -2.08. The molecule has 0 bridgehead atoms. The quantitative estimate of drug-likeness (QED) is 0.907. The summed E-state index contributed by atoms with van der Waals surface area (Å²) in [7, 11) is 0. The highest BCUT2D eigenvalue weighted by Gasteiger charge is 2.21. The van der Waals surface area contributed by atoms with Gasteiger partial charge in [-0.3, -0.25) is 0 Å². The summed E-state index contributed by atoms with van der Waals surface area (Å²) >= 11 is 3.47. The van der Waals surface area contributed by atoms with Gasteiger partial charge in [-0.25, -0.2) is 4.98 Å². The summed E-state index contributed by atoms with van der Waals surface area (Å²) in [6.45, 7) is 2.05. The average Bonchev–Trinajstić information content (AvgIpc) is 2.91. The monoisotopic (exact) mass is 332 g/mol. The van der Waals surface area contributed by atoms with Crippen molar-refractivity contribution in [3.63, 3.8) is 0 Å². The fraction of sp³-hybridized carbons (Fsp3) is 0.400. The van der Waals surface area contributed by atoms with Gasteiger partial charge < -0.3 is 5.73 Å². The van der Waals surface area contributed by atoms with Gasteiger partial charge in [0.2, 0.25) is 5.95 Å². The van der Waals surface area contributed by atoms with Crippen LogP contribution in [0.4, 0.5) is 5.95 Å². The van der Waals surface area contributed by atoms with Crippen LogP contribution in [0.1, 0.15) is 43.0 Å². The topological polar surface area (TPSA) is 64.7 Å². The second-order valence-corrected chi connectivity index (χ2v) is 6.23. The van der Waals surface area contributed by atoms with Gasteiger partial charge in [0, 0.05) is 16.0 Å². The molecule has 1 aromatic carbocycles. The summed E-state index contributed by atoms with van der Waals surface area (Å²) in [5.41, 5.74) is 8.02. The number of aryl methyl sites for hydroxylation is 1. The molecule has 104 valence electrons. The molecule has 0 amide bonds. The van der Waals surface area contributed by atoms with Crippen LogP contribution < -0.4 is 5.73 Å². The number of halogens is 1. The average molecular weight is 333 g/mol. The number of hydrogen-bond acceptors (Lipinski definition) is 4. The lowest BCUT2D eigenvalue weighted by Gasteiger charge is -2.11. The Hall–Kier alpha value is -1.49. The maximum Gasteiger partial charge on any atom is 0.223 e. The Kier molecular flexibility index (Phi) is 3.70. The van der Waals surface area contributed by atoms with Crippen molar-refractivity contribution < 1.29 is 0 Å². The van der Waals surface area contributed by atoms with Crippen LogP contribution in [0.15, 0.2) is 22.7 Å². The van der Waals surface area contributed by atoms with E-state index in [1.54, 1.807) is 0 Å². The molecule has 1 fully saturated rings. The van der Waals surface area contributed by atoms with Crippen LogP contribution in [0.2, 0.25) is 0 Å². The van der Waals surface area contributed by atoms with Crippen molar-refractivity contribution in [3.8, 4) is 11.4 Å². The SMILES string of the molecule is Cc1cc(Br)ccc1-c1nc(N)nc(C2CCCC2)n1. The standard InChI is InChI=1S/C15H17BrN4/c1-9-8-11(16)6-7-12(9)14-18-13(19-15(17)20-14)10-4-2-3-5-10/h6-8,10H,2-5H2,1H3,(H2,17,18,19,20). The summed E-state index contributed by atoms with van der Waals surface area (Å²) in [4.78, 5) is 13.3. The van der Waals surface area contributed by atoms with Crippen molar-refractivity contribution in [2.24, 2.45) is 0 Å². The van der Waals surface area contributed by atoms with E-state index in [4.69, 9.17) is 5.73 Å². The lowest BCUT2D eigenvalue weighted by atomic mass is 10.1. The Morgan fingerprint density at radius 3 is 2.60 bits per heavy atom. The minimum Gasteiger partial charge on any atom is -0.368 e. The molecule has 4 nitrogen and oxygen atoms in total. The number of aromatic nitrogens is 3. The Morgan fingerprint density at radius 1 is 1.15 bits per heavy atom. The molecule has 5 heteroatoms. The summed E-state index contributed by atoms with van der Waals surface area (Å²) in [5, 5.41) is 0. The summed E-state index contributed by atoms with van der Waals surface area (Å²) < 4.78 is 1.05. The molecule has 1 aromatic heterocycles. The highest BCUT2D eigenvalue weighted by Crippen LogP contribution is 2.33. The molecule has 0 spiro atoms. The van der Waals surface area contributed by atoms with Crippen molar-refractivity contribution >= 4 is 21.9 Å². The molecule has 20 heavy (non-hydrogen) atoms. The number of benzene rings is 1. The maximum atomic E-state index is 5.87. The Bertz CT molecular complexity index is 636. The van der Waals surface area contributed by atoms with E-state index in [2.05, 4.69) is 43.9 Å². The number of anilines is 1. The van der Waals surface area contributed by atoms with E-state index in [1.165, 1.54) is 12.8 Å². The van der Waals surface area contributed by atoms with Crippen molar-refractivity contribution in [1.82, 2.24) is 15.0 Å². The van der Waals surface area contributed by atoms with E-state index in [9.17, 15) is 0 Å². The molecule has 1 saturated carbocycles. The van der Waals surface area contributed by atoms with Crippen molar-refractivity contribution in [2.75, 3.05) is 5.73 Å². The molecule has 0 saturated heterocycles. The van der Waals surface area contributed by atoms with Crippen LogP contribution in [0.5, 0.6) is 0 Å². The van der Waals surface area contributed by atoms with E-state index < -0.39 is 0 Å². The highest BCUT2D eigenvalue weighted by atomic mass is 79.9. The zero-order valence-electron chi connectivity index (χ0n) is 11.4. The zero-order valence-corrected chi connectivity index (χ0v) is 13.0. The molecule has 1 aliphatic rings. The summed E-state index contributed by atoms with van der Waals surface area (Å²) in [6.07, 6.45) is 4.82. The van der Waals surface area contributed by atoms with Gasteiger partial charge >= 0.3 is 0 Å². The molecule has 1 aliphatic carbocycles. The molecular weight excluding hydrogens is 316 g/mol. The largest absolute Gasteiger partial charge is 0.368 e. The van der Waals surface area contributed by atoms with Crippen LogP contribution >= 0.6 is 15.9 Å². The second kappa shape index (κ2) is 5.48. The van der Waals surface area contributed by atoms with Gasteiger partial charge in [-0.15, -0.1) is 0 Å². The molecule has 2 N–H and O–H groups in total. The predicted molar refractivity (Wildman–Crippen MR) is 83.3 cm³/mol. The predicted octanol–water partition coefficient (Wildman–Crippen LogP) is 3.85. The van der Waals surface area contributed by atoms with E-state index in [0.29, 0.717) is 17.7 Å². The Morgan fingerprint density at radius 2 is 1.90 bits per heavy atom. The zero-order chi connectivity index (χ0) is 14.1. The number of nitrogens with two attached hydrogens (primary N) is 1. The summed E-state index contributed by atoms with van der Waals surface area (Å²) in [6, 6.07) is 6.08. The van der Waals surface area contributed by atoms with Crippen LogP contribution in [-0.4, -0.2) is 15.0 Å². The second-order valence-electron chi connectivity index (χ2n) is 5.32. The van der Waals surface area contributed by atoms with Crippen LogP contribution in [0.25, 0.3) is 11.4 Å². The number of hydrogen-bond donors (Lipinski definition) is 1. The fourth-order valence-electron chi connectivity index (χ4n) is 2.77. The van der Waals surface area contributed by atoms with Gasteiger partial charge in [0.1, 0.15) is 5.82 Å². The first-order chi connectivity index (χ1) is 9.63. The first-order valence-electron chi connectivity index (χ1n) is 6.91. The van der Waals surface area contributed by atoms with Gasteiger partial charge in [-0.05, 0) is 43.5 Å². The van der Waals surface area contributed by atoms with E-state index in [1.807, 2.05) is 12.1 Å². The molecule has 1 heterocycles. The maximum absolute atomic E-state index is 5.87. The molecule has 3 rings (SSSR count). The van der Waals surface area contributed by atoms with Crippen LogP contribution in [-0.2, 0) is 0 Å². The Balaban J connectivity index is 2.04. The van der Waals surface area contributed by atoms with Crippen molar-refractivity contribution in [2.45, 2.75) is 38.5 Å². The highest BCUT2D eigenvalue weighted by molar-refractivity contribution is 9.10. The van der Waals surface area contributed by atoms with Gasteiger partial charge in [0.15, 0.2) is 5.82 Å². The number of rotatable bonds is 2. The number of nitrogen functional groups attached to an aromatic ring is 1. The fourth-order valence-corrected chi connectivity index (χ4v) is 3.25. The van der Waals surface area contributed by atoms with Crippen molar-refractivity contribution in [1.29, 1.82) is 0 Å². The molecule has 0 radical (unpaired) electrons. The lowest BCUT2D eigenvalue weighted by molar-refractivity contribution is 0.665. The van der Waals surface area contributed by atoms with Gasteiger partial charge in [0.05, 0.1) is 0 Å². The van der Waals surface area contributed by atoms with Gasteiger partial charge in [0.25, 0.3) is 0 Å². The molecule has 2 aromatic rings. The third-order valence-corrected chi connectivity index (χ3v) is 4.31. The smallest absolute Gasteiger partial charge is 0.223 e. The first-order valence-corrected chi connectivity index (χ1v) is 7.71. The van der Waals surface area contributed by atoms with E-state index in [0.717, 1.165) is 34.3 Å².